The number of amides is 1. The van der Waals surface area contributed by atoms with Gasteiger partial charge in [0.05, 0.1) is 5.69 Å². The molecule has 1 unspecified atom stereocenters. The minimum atomic E-state index is -0.468. The third-order valence-electron chi connectivity index (χ3n) is 6.37. The van der Waals surface area contributed by atoms with Crippen molar-refractivity contribution in [2.24, 2.45) is 0 Å². The van der Waals surface area contributed by atoms with Crippen molar-refractivity contribution in [3.8, 4) is 5.88 Å². The van der Waals surface area contributed by atoms with Crippen molar-refractivity contribution in [3.05, 3.63) is 59.3 Å². The number of carbonyl (C=O) groups excluding carboxylic acids is 1. The Labute approximate surface area is 197 Å². The van der Waals surface area contributed by atoms with E-state index in [9.17, 15) is 4.79 Å². The van der Waals surface area contributed by atoms with Gasteiger partial charge in [-0.15, -0.1) is 0 Å². The maximum absolute atomic E-state index is 12.3. The Hall–Kier alpha value is -2.60. The van der Waals surface area contributed by atoms with E-state index in [1.54, 1.807) is 4.90 Å². The van der Waals surface area contributed by atoms with Gasteiger partial charge in [0.1, 0.15) is 11.7 Å². The maximum Gasteiger partial charge on any atom is 0.410 e. The third-order valence-corrected chi connectivity index (χ3v) is 6.37. The van der Waals surface area contributed by atoms with Crippen molar-refractivity contribution in [1.82, 2.24) is 14.8 Å². The summed E-state index contributed by atoms with van der Waals surface area (Å²) in [4.78, 5) is 21.5. The van der Waals surface area contributed by atoms with Crippen LogP contribution in [-0.2, 0) is 17.8 Å². The van der Waals surface area contributed by atoms with Crippen molar-refractivity contribution < 1.29 is 14.3 Å². The highest BCUT2D eigenvalue weighted by Gasteiger charge is 2.29. The highest BCUT2D eigenvalue weighted by molar-refractivity contribution is 5.68. The molecule has 1 atom stereocenters. The van der Waals surface area contributed by atoms with Crippen molar-refractivity contribution >= 4 is 6.09 Å². The number of carbonyl (C=O) groups is 1. The van der Waals surface area contributed by atoms with E-state index in [0.29, 0.717) is 24.9 Å². The van der Waals surface area contributed by atoms with E-state index in [-0.39, 0.29) is 12.2 Å². The molecule has 2 aliphatic rings. The molecule has 0 N–H and O–H groups in total. The van der Waals surface area contributed by atoms with Crippen LogP contribution < -0.4 is 4.74 Å². The summed E-state index contributed by atoms with van der Waals surface area (Å²) in [6.45, 7) is 12.1. The Morgan fingerprint density at radius 2 is 1.82 bits per heavy atom. The molecule has 3 heterocycles. The van der Waals surface area contributed by atoms with E-state index >= 15 is 0 Å². The molecule has 0 spiro atoms. The van der Waals surface area contributed by atoms with E-state index in [2.05, 4.69) is 48.2 Å². The molecule has 1 saturated heterocycles. The van der Waals surface area contributed by atoms with E-state index in [1.165, 1.54) is 16.8 Å². The van der Waals surface area contributed by atoms with Crippen LogP contribution in [0.3, 0.4) is 0 Å². The molecule has 0 bridgehead atoms. The molecule has 4 rings (SSSR count). The number of nitrogens with zero attached hydrogens (tertiary/aromatic N) is 3. The highest BCUT2D eigenvalue weighted by Crippen LogP contribution is 2.32. The number of pyridine rings is 1. The second-order valence-electron chi connectivity index (χ2n) is 10.2. The van der Waals surface area contributed by atoms with Crippen LogP contribution in [0.25, 0.3) is 0 Å². The van der Waals surface area contributed by atoms with Gasteiger partial charge in [-0.1, -0.05) is 43.3 Å². The zero-order chi connectivity index (χ0) is 23.4. The van der Waals surface area contributed by atoms with Crippen molar-refractivity contribution in [3.63, 3.8) is 0 Å². The summed E-state index contributed by atoms with van der Waals surface area (Å²) in [5, 5.41) is 0. The lowest BCUT2D eigenvalue weighted by Gasteiger charge is -2.35. The highest BCUT2D eigenvalue weighted by atomic mass is 16.6. The van der Waals surface area contributed by atoms with Crippen LogP contribution in [0.15, 0.2) is 42.5 Å². The first-order chi connectivity index (χ1) is 15.8. The van der Waals surface area contributed by atoms with Gasteiger partial charge in [0.15, 0.2) is 0 Å². The molecule has 1 aromatic carbocycles. The Bertz CT molecular complexity index is 933. The van der Waals surface area contributed by atoms with Gasteiger partial charge in [-0.3, -0.25) is 4.90 Å². The zero-order valence-corrected chi connectivity index (χ0v) is 20.4. The molecule has 1 amide bonds. The minimum absolute atomic E-state index is 0.0764. The molecule has 0 saturated carbocycles. The van der Waals surface area contributed by atoms with Crippen LogP contribution in [0, 0.1) is 0 Å². The molecule has 178 valence electrons. The Balaban J connectivity index is 1.35. The minimum Gasteiger partial charge on any atom is -0.474 e. The molecule has 1 aromatic heterocycles. The first kappa shape index (κ1) is 23.6. The van der Waals surface area contributed by atoms with Gasteiger partial charge in [-0.25, -0.2) is 9.78 Å². The van der Waals surface area contributed by atoms with Gasteiger partial charge in [0, 0.05) is 57.5 Å². The number of aromatic nitrogens is 1. The summed E-state index contributed by atoms with van der Waals surface area (Å²) in [5.74, 6) is 1.12. The number of likely N-dealkylation sites (tertiary alicyclic amines) is 1. The predicted octanol–water partition coefficient (Wildman–Crippen LogP) is 5.37. The van der Waals surface area contributed by atoms with E-state index in [4.69, 9.17) is 14.5 Å². The second-order valence-corrected chi connectivity index (χ2v) is 10.2. The third kappa shape index (κ3) is 6.26. The van der Waals surface area contributed by atoms with Gasteiger partial charge in [0.2, 0.25) is 5.88 Å². The van der Waals surface area contributed by atoms with Gasteiger partial charge < -0.3 is 14.4 Å². The summed E-state index contributed by atoms with van der Waals surface area (Å²) >= 11 is 0. The fourth-order valence-corrected chi connectivity index (χ4v) is 4.68. The number of rotatable bonds is 5. The first-order valence-electron chi connectivity index (χ1n) is 12.2. The smallest absolute Gasteiger partial charge is 0.410 e. The van der Waals surface area contributed by atoms with Crippen LogP contribution >= 0.6 is 0 Å². The van der Waals surface area contributed by atoms with Crippen LogP contribution in [0.2, 0.25) is 0 Å². The van der Waals surface area contributed by atoms with Gasteiger partial charge in [-0.2, -0.15) is 0 Å². The lowest BCUT2D eigenvalue weighted by atomic mass is 9.92. The van der Waals surface area contributed by atoms with Gasteiger partial charge in [-0.05, 0) is 38.3 Å². The average Bonchev–Trinajstić information content (AvgIpc) is 2.79. The summed E-state index contributed by atoms with van der Waals surface area (Å²) in [6, 6.07) is 14.9. The fraction of sp³-hybridized carbons (Fsp3) is 0.556. The number of piperidine rings is 1. The molecular weight excluding hydrogens is 414 g/mol. The van der Waals surface area contributed by atoms with Crippen LogP contribution in [-0.4, -0.2) is 52.2 Å². The summed E-state index contributed by atoms with van der Waals surface area (Å²) in [7, 11) is 0. The predicted molar refractivity (Wildman–Crippen MR) is 129 cm³/mol. The molecule has 1 fully saturated rings. The molecule has 6 nitrogen and oxygen atoms in total. The number of ether oxygens (including phenoxy) is 2. The van der Waals surface area contributed by atoms with Crippen molar-refractivity contribution in [2.45, 2.75) is 77.7 Å². The Morgan fingerprint density at radius 1 is 1.09 bits per heavy atom. The van der Waals surface area contributed by atoms with E-state index in [1.807, 2.05) is 26.8 Å². The van der Waals surface area contributed by atoms with Crippen molar-refractivity contribution in [1.29, 1.82) is 0 Å². The summed E-state index contributed by atoms with van der Waals surface area (Å²) in [5.41, 5.74) is 3.37. The SMILES string of the molecule is CCC1CN(Cc2ccccc2)Cc2ccc(OC3CCN(C(=O)OC(C)(C)C)CC3)nc21. The first-order valence-corrected chi connectivity index (χ1v) is 12.2. The molecule has 33 heavy (non-hydrogen) atoms. The molecular formula is C27H37N3O3. The lowest BCUT2D eigenvalue weighted by Crippen LogP contribution is -2.44. The summed E-state index contributed by atoms with van der Waals surface area (Å²) in [6.07, 6.45) is 2.48. The number of benzene rings is 1. The molecule has 0 radical (unpaired) electrons. The van der Waals surface area contributed by atoms with Crippen LogP contribution in [0.1, 0.15) is 69.7 Å². The second kappa shape index (κ2) is 10.1. The average molecular weight is 452 g/mol. The Kier molecular flexibility index (Phi) is 7.23. The monoisotopic (exact) mass is 451 g/mol. The van der Waals surface area contributed by atoms with Gasteiger partial charge >= 0.3 is 6.09 Å². The topological polar surface area (TPSA) is 54.9 Å². The largest absolute Gasteiger partial charge is 0.474 e. The van der Waals surface area contributed by atoms with Crippen LogP contribution in [0.5, 0.6) is 5.88 Å². The zero-order valence-electron chi connectivity index (χ0n) is 20.4. The summed E-state index contributed by atoms with van der Waals surface area (Å²) < 4.78 is 11.8. The van der Waals surface area contributed by atoms with Gasteiger partial charge in [0.25, 0.3) is 0 Å². The lowest BCUT2D eigenvalue weighted by molar-refractivity contribution is 0.0122. The van der Waals surface area contributed by atoms with Crippen molar-refractivity contribution in [2.75, 3.05) is 19.6 Å². The number of fused-ring (bicyclic) bond motifs is 1. The standard InChI is InChI=1S/C27H37N3O3/c1-5-21-18-29(17-20-9-7-6-8-10-20)19-22-11-12-24(28-25(21)22)32-23-13-15-30(16-14-23)26(31)33-27(2,3)4/h6-12,21,23H,5,13-19H2,1-4H3. The number of hydrogen-bond donors (Lipinski definition) is 0. The normalized spacial score (nSPS) is 19.8. The quantitative estimate of drug-likeness (QED) is 0.612. The maximum atomic E-state index is 12.3. The van der Waals surface area contributed by atoms with E-state index in [0.717, 1.165) is 38.9 Å². The molecule has 2 aromatic rings. The molecule has 2 aliphatic heterocycles. The molecule has 6 heteroatoms. The Morgan fingerprint density at radius 3 is 2.48 bits per heavy atom. The fourth-order valence-electron chi connectivity index (χ4n) is 4.68. The number of hydrogen-bond acceptors (Lipinski definition) is 5. The van der Waals surface area contributed by atoms with Crippen LogP contribution in [0.4, 0.5) is 4.79 Å². The van der Waals surface area contributed by atoms with E-state index < -0.39 is 5.60 Å². The molecule has 0 aliphatic carbocycles.